The van der Waals surface area contributed by atoms with E-state index in [2.05, 4.69) is 10.2 Å². The van der Waals surface area contributed by atoms with Gasteiger partial charge in [0.05, 0.1) is 16.8 Å². The van der Waals surface area contributed by atoms with E-state index in [0.29, 0.717) is 24.0 Å². The second-order valence-electron chi connectivity index (χ2n) is 6.43. The topological polar surface area (TPSA) is 93.4 Å². The Morgan fingerprint density at radius 2 is 2.08 bits per heavy atom. The minimum Gasteiger partial charge on any atom is -0.416 e. The molecular weight excluding hydrogens is 374 g/mol. The molecule has 2 aromatic rings. The smallest absolute Gasteiger partial charge is 0.277 e. The van der Waals surface area contributed by atoms with Gasteiger partial charge in [-0.2, -0.15) is 0 Å². The average Bonchev–Trinajstić information content (AvgIpc) is 3.20. The lowest BCUT2D eigenvalue weighted by molar-refractivity contribution is -0.117. The highest BCUT2D eigenvalue weighted by molar-refractivity contribution is 8.00. The zero-order chi connectivity index (χ0) is 18.7. The van der Waals surface area contributed by atoms with Crippen LogP contribution in [0.1, 0.15) is 19.2 Å². The molecule has 0 N–H and O–H groups in total. The van der Waals surface area contributed by atoms with Crippen molar-refractivity contribution in [1.82, 2.24) is 10.2 Å². The minimum atomic E-state index is -2.92. The van der Waals surface area contributed by atoms with Crippen LogP contribution in [0, 0.1) is 5.92 Å². The van der Waals surface area contributed by atoms with Crippen LogP contribution in [0.15, 0.2) is 40.0 Å². The molecule has 9 heteroatoms. The molecule has 1 fully saturated rings. The molecule has 7 nitrogen and oxygen atoms in total. The van der Waals surface area contributed by atoms with Crippen LogP contribution in [-0.2, 0) is 21.1 Å². The van der Waals surface area contributed by atoms with Crippen LogP contribution in [0.3, 0.4) is 0 Å². The molecule has 1 aromatic carbocycles. The number of rotatable bonds is 6. The molecule has 2 heterocycles. The van der Waals surface area contributed by atoms with Gasteiger partial charge in [0.15, 0.2) is 9.84 Å². The first-order chi connectivity index (χ1) is 12.3. The summed E-state index contributed by atoms with van der Waals surface area (Å²) in [5.74, 6) is 0.786. The molecule has 1 saturated heterocycles. The quantitative estimate of drug-likeness (QED) is 0.692. The second kappa shape index (κ2) is 7.79. The number of anilines is 1. The van der Waals surface area contributed by atoms with Crippen molar-refractivity contribution in [3.05, 3.63) is 36.2 Å². The van der Waals surface area contributed by atoms with Gasteiger partial charge in [-0.25, -0.2) is 8.42 Å². The monoisotopic (exact) mass is 395 g/mol. The number of para-hydroxylation sites is 1. The van der Waals surface area contributed by atoms with Crippen molar-refractivity contribution in [2.24, 2.45) is 5.92 Å². The number of amides is 1. The van der Waals surface area contributed by atoms with Gasteiger partial charge < -0.3 is 9.32 Å². The third kappa shape index (κ3) is 4.64. The Kier molecular flexibility index (Phi) is 5.67. The summed E-state index contributed by atoms with van der Waals surface area (Å²) < 4.78 is 28.6. The van der Waals surface area contributed by atoms with Crippen molar-refractivity contribution in [1.29, 1.82) is 0 Å². The molecule has 1 aliphatic heterocycles. The van der Waals surface area contributed by atoms with Gasteiger partial charge in [0, 0.05) is 19.2 Å². The van der Waals surface area contributed by atoms with E-state index in [1.807, 2.05) is 30.3 Å². The van der Waals surface area contributed by atoms with E-state index in [1.54, 1.807) is 18.9 Å². The Labute approximate surface area is 157 Å². The van der Waals surface area contributed by atoms with E-state index >= 15 is 0 Å². The summed E-state index contributed by atoms with van der Waals surface area (Å²) in [5, 5.41) is 7.89. The molecule has 1 aliphatic rings. The second-order valence-corrected chi connectivity index (χ2v) is 9.95. The Morgan fingerprint density at radius 3 is 2.73 bits per heavy atom. The highest BCUT2D eigenvalue weighted by Gasteiger charge is 2.29. The normalized spacial score (nSPS) is 20.0. The Bertz CT molecular complexity index is 867. The van der Waals surface area contributed by atoms with Gasteiger partial charge in [0.25, 0.3) is 5.22 Å². The van der Waals surface area contributed by atoms with Gasteiger partial charge in [-0.1, -0.05) is 30.0 Å². The first-order valence-corrected chi connectivity index (χ1v) is 11.1. The predicted molar refractivity (Wildman–Crippen MR) is 99.9 cm³/mol. The molecule has 1 amide bonds. The van der Waals surface area contributed by atoms with E-state index in [9.17, 15) is 13.2 Å². The summed E-state index contributed by atoms with van der Waals surface area (Å²) in [6, 6.07) is 9.40. The largest absolute Gasteiger partial charge is 0.416 e. The first-order valence-electron chi connectivity index (χ1n) is 8.36. The van der Waals surface area contributed by atoms with Crippen molar-refractivity contribution in [3.63, 3.8) is 0 Å². The van der Waals surface area contributed by atoms with Gasteiger partial charge in [-0.3, -0.25) is 4.79 Å². The Morgan fingerprint density at radius 1 is 1.35 bits per heavy atom. The number of benzene rings is 1. The molecule has 0 unspecified atom stereocenters. The summed E-state index contributed by atoms with van der Waals surface area (Å²) in [6.45, 7) is 1.79. The lowest BCUT2D eigenvalue weighted by atomic mass is 10.1. The molecule has 0 aliphatic carbocycles. The zero-order valence-corrected chi connectivity index (χ0v) is 16.3. The SMILES string of the molecule is C[C@@H](Sc1nnc(C[C@H]2CCS(=O)(=O)C2)o1)C(=O)N(C)c1ccccc1. The van der Waals surface area contributed by atoms with E-state index in [0.717, 1.165) is 5.69 Å². The summed E-state index contributed by atoms with van der Waals surface area (Å²) in [6.07, 6.45) is 1.09. The van der Waals surface area contributed by atoms with Gasteiger partial charge >= 0.3 is 0 Å². The van der Waals surface area contributed by atoms with E-state index in [1.165, 1.54) is 11.8 Å². The number of nitrogens with zero attached hydrogens (tertiary/aromatic N) is 3. The maximum absolute atomic E-state index is 12.6. The van der Waals surface area contributed by atoms with Gasteiger partial charge in [0.2, 0.25) is 11.8 Å². The lowest BCUT2D eigenvalue weighted by Crippen LogP contribution is -2.33. The van der Waals surface area contributed by atoms with Crippen molar-refractivity contribution in [2.75, 3.05) is 23.5 Å². The molecule has 1 aromatic heterocycles. The van der Waals surface area contributed by atoms with Crippen LogP contribution >= 0.6 is 11.8 Å². The number of carbonyl (C=O) groups is 1. The number of hydrogen-bond acceptors (Lipinski definition) is 7. The molecular formula is C17H21N3O4S2. The van der Waals surface area contributed by atoms with Gasteiger partial charge in [-0.15, -0.1) is 10.2 Å². The maximum Gasteiger partial charge on any atom is 0.277 e. The summed E-state index contributed by atoms with van der Waals surface area (Å²) in [4.78, 5) is 14.1. The van der Waals surface area contributed by atoms with E-state index in [-0.39, 0.29) is 28.6 Å². The Balaban J connectivity index is 1.57. The van der Waals surface area contributed by atoms with Crippen molar-refractivity contribution in [3.8, 4) is 0 Å². The maximum atomic E-state index is 12.6. The molecule has 0 bridgehead atoms. The lowest BCUT2D eigenvalue weighted by Gasteiger charge is -2.20. The van der Waals surface area contributed by atoms with Crippen LogP contribution in [0.4, 0.5) is 5.69 Å². The van der Waals surface area contributed by atoms with Crippen molar-refractivity contribution < 1.29 is 17.6 Å². The summed E-state index contributed by atoms with van der Waals surface area (Å²) >= 11 is 1.20. The number of carbonyl (C=O) groups excluding carboxylic acids is 1. The molecule has 2 atom stereocenters. The molecule has 140 valence electrons. The van der Waals surface area contributed by atoms with Crippen LogP contribution in [0.2, 0.25) is 0 Å². The van der Waals surface area contributed by atoms with E-state index < -0.39 is 9.84 Å². The zero-order valence-electron chi connectivity index (χ0n) is 14.7. The highest BCUT2D eigenvalue weighted by Crippen LogP contribution is 2.27. The fourth-order valence-corrected chi connectivity index (χ4v) is 5.56. The van der Waals surface area contributed by atoms with Crippen molar-refractivity contribution in [2.45, 2.75) is 30.2 Å². The Hall–Kier alpha value is -1.87. The number of aromatic nitrogens is 2. The minimum absolute atomic E-state index is 0.0292. The van der Waals surface area contributed by atoms with Gasteiger partial charge in [-0.05, 0) is 31.4 Å². The molecule has 0 spiro atoms. The summed E-state index contributed by atoms with van der Waals surface area (Å²) in [7, 11) is -1.19. The molecule has 3 rings (SSSR count). The standard InChI is InChI=1S/C17H21N3O4S2/c1-12(16(21)20(2)14-6-4-3-5-7-14)25-17-19-18-15(24-17)10-13-8-9-26(22,23)11-13/h3-7,12-13H,8-11H2,1-2H3/t12-,13-/m1/s1. The van der Waals surface area contributed by atoms with Crippen LogP contribution in [0.5, 0.6) is 0 Å². The third-order valence-corrected chi connectivity index (χ3v) is 7.10. The first kappa shape index (κ1) is 18.9. The van der Waals surface area contributed by atoms with Crippen LogP contribution in [-0.4, -0.2) is 48.3 Å². The summed E-state index contributed by atoms with van der Waals surface area (Å²) in [5.41, 5.74) is 0.818. The van der Waals surface area contributed by atoms with Crippen LogP contribution in [0.25, 0.3) is 0 Å². The van der Waals surface area contributed by atoms with Gasteiger partial charge in [0.1, 0.15) is 0 Å². The number of thioether (sulfide) groups is 1. The molecule has 26 heavy (non-hydrogen) atoms. The predicted octanol–water partition coefficient (Wildman–Crippen LogP) is 2.19. The fraction of sp³-hybridized carbons (Fsp3) is 0.471. The van der Waals surface area contributed by atoms with Crippen LogP contribution < -0.4 is 4.90 Å². The highest BCUT2D eigenvalue weighted by atomic mass is 32.2. The van der Waals surface area contributed by atoms with Crippen molar-refractivity contribution >= 4 is 33.2 Å². The van der Waals surface area contributed by atoms with E-state index in [4.69, 9.17) is 4.42 Å². The number of sulfone groups is 1. The fourth-order valence-electron chi connectivity index (χ4n) is 2.90. The number of hydrogen-bond donors (Lipinski definition) is 0. The molecule has 0 saturated carbocycles. The molecule has 0 radical (unpaired) electrons. The third-order valence-electron chi connectivity index (χ3n) is 4.34. The average molecular weight is 396 g/mol.